The standard InChI is InChI=1S/C14H22N2/c1-3-4-9-16(2)11-13-10-12-7-5-6-8-14(12)15-13/h5-8,13,15H,3-4,9-11H2,1-2H3/t13-/m0/s1. The first-order chi connectivity index (χ1) is 7.79. The third-order valence-electron chi connectivity index (χ3n) is 3.27. The van der Waals surface area contributed by atoms with E-state index >= 15 is 0 Å². The van der Waals surface area contributed by atoms with Gasteiger partial charge in [0.25, 0.3) is 0 Å². The summed E-state index contributed by atoms with van der Waals surface area (Å²) in [4.78, 5) is 2.44. The van der Waals surface area contributed by atoms with Crippen molar-refractivity contribution in [2.24, 2.45) is 0 Å². The van der Waals surface area contributed by atoms with E-state index in [2.05, 4.69) is 48.5 Å². The summed E-state index contributed by atoms with van der Waals surface area (Å²) in [6.45, 7) is 4.61. The van der Waals surface area contributed by atoms with Gasteiger partial charge in [-0.1, -0.05) is 31.5 Å². The van der Waals surface area contributed by atoms with Crippen molar-refractivity contribution in [3.05, 3.63) is 29.8 Å². The molecule has 0 radical (unpaired) electrons. The molecule has 0 aromatic heterocycles. The molecule has 0 bridgehead atoms. The number of hydrogen-bond acceptors (Lipinski definition) is 2. The summed E-state index contributed by atoms with van der Waals surface area (Å²) in [5.74, 6) is 0. The number of nitrogens with one attached hydrogen (secondary N) is 1. The Morgan fingerprint density at radius 3 is 2.94 bits per heavy atom. The minimum absolute atomic E-state index is 0.597. The van der Waals surface area contributed by atoms with E-state index in [9.17, 15) is 0 Å². The van der Waals surface area contributed by atoms with Crippen molar-refractivity contribution in [2.45, 2.75) is 32.2 Å². The fourth-order valence-electron chi connectivity index (χ4n) is 2.38. The summed E-state index contributed by atoms with van der Waals surface area (Å²) in [5.41, 5.74) is 2.80. The first-order valence-electron chi connectivity index (χ1n) is 6.32. The Bertz CT molecular complexity index is 310. The smallest absolute Gasteiger partial charge is 0.0429 e. The molecule has 2 rings (SSSR count). The van der Waals surface area contributed by atoms with Crippen LogP contribution in [-0.2, 0) is 6.42 Å². The monoisotopic (exact) mass is 218 g/mol. The second-order valence-corrected chi connectivity index (χ2v) is 4.82. The lowest BCUT2D eigenvalue weighted by Crippen LogP contribution is -2.33. The van der Waals surface area contributed by atoms with Crippen LogP contribution in [-0.4, -0.2) is 31.1 Å². The van der Waals surface area contributed by atoms with Gasteiger partial charge in [-0.15, -0.1) is 0 Å². The van der Waals surface area contributed by atoms with Gasteiger partial charge < -0.3 is 10.2 Å². The van der Waals surface area contributed by atoms with E-state index in [-0.39, 0.29) is 0 Å². The maximum absolute atomic E-state index is 3.60. The number of likely N-dealkylation sites (N-methyl/N-ethyl adjacent to an activating group) is 1. The zero-order chi connectivity index (χ0) is 11.4. The zero-order valence-electron chi connectivity index (χ0n) is 10.4. The molecule has 0 unspecified atom stereocenters. The van der Waals surface area contributed by atoms with E-state index in [1.165, 1.54) is 37.1 Å². The number of nitrogens with zero attached hydrogens (tertiary/aromatic N) is 1. The molecule has 0 aliphatic carbocycles. The molecular formula is C14H22N2. The fraction of sp³-hybridized carbons (Fsp3) is 0.571. The Morgan fingerprint density at radius 1 is 1.38 bits per heavy atom. The molecule has 88 valence electrons. The highest BCUT2D eigenvalue weighted by Crippen LogP contribution is 2.25. The molecule has 1 aliphatic heterocycles. The minimum atomic E-state index is 0.597. The summed E-state index contributed by atoms with van der Waals surface area (Å²) in [6, 6.07) is 9.24. The molecule has 1 N–H and O–H groups in total. The molecule has 2 nitrogen and oxygen atoms in total. The number of unbranched alkanes of at least 4 members (excludes halogenated alkanes) is 1. The van der Waals surface area contributed by atoms with Crippen LogP contribution >= 0.6 is 0 Å². The number of rotatable bonds is 5. The van der Waals surface area contributed by atoms with Gasteiger partial charge in [0, 0.05) is 18.3 Å². The molecule has 1 aromatic carbocycles. The maximum atomic E-state index is 3.60. The van der Waals surface area contributed by atoms with E-state index in [0.717, 1.165) is 6.54 Å². The van der Waals surface area contributed by atoms with Crippen molar-refractivity contribution in [1.82, 2.24) is 4.90 Å². The number of benzene rings is 1. The van der Waals surface area contributed by atoms with Gasteiger partial charge in [0.15, 0.2) is 0 Å². The molecule has 1 heterocycles. The average Bonchev–Trinajstić information content (AvgIpc) is 2.68. The molecule has 1 aromatic rings. The van der Waals surface area contributed by atoms with Gasteiger partial charge in [0.2, 0.25) is 0 Å². The largest absolute Gasteiger partial charge is 0.380 e. The second-order valence-electron chi connectivity index (χ2n) is 4.82. The van der Waals surface area contributed by atoms with Gasteiger partial charge in [0.1, 0.15) is 0 Å². The first kappa shape index (κ1) is 11.5. The van der Waals surface area contributed by atoms with E-state index in [1.807, 2.05) is 0 Å². The van der Waals surface area contributed by atoms with Gasteiger partial charge in [-0.3, -0.25) is 0 Å². The van der Waals surface area contributed by atoms with E-state index in [4.69, 9.17) is 0 Å². The topological polar surface area (TPSA) is 15.3 Å². The zero-order valence-corrected chi connectivity index (χ0v) is 10.4. The average molecular weight is 218 g/mol. The maximum Gasteiger partial charge on any atom is 0.0429 e. The minimum Gasteiger partial charge on any atom is -0.380 e. The summed E-state index contributed by atoms with van der Waals surface area (Å²) >= 11 is 0. The molecule has 0 saturated heterocycles. The molecular weight excluding hydrogens is 196 g/mol. The number of fused-ring (bicyclic) bond motifs is 1. The van der Waals surface area contributed by atoms with Crippen LogP contribution in [0.2, 0.25) is 0 Å². The van der Waals surface area contributed by atoms with E-state index < -0.39 is 0 Å². The summed E-state index contributed by atoms with van der Waals surface area (Å²) in [7, 11) is 2.22. The van der Waals surface area contributed by atoms with Crippen molar-refractivity contribution in [3.8, 4) is 0 Å². The molecule has 0 fully saturated rings. The van der Waals surface area contributed by atoms with Crippen molar-refractivity contribution in [2.75, 3.05) is 25.5 Å². The summed E-state index contributed by atoms with van der Waals surface area (Å²) < 4.78 is 0. The lowest BCUT2D eigenvalue weighted by atomic mass is 10.1. The summed E-state index contributed by atoms with van der Waals surface area (Å²) in [6.07, 6.45) is 3.76. The van der Waals surface area contributed by atoms with Crippen LogP contribution in [0, 0.1) is 0 Å². The first-order valence-corrected chi connectivity index (χ1v) is 6.32. The third kappa shape index (κ3) is 2.76. The Hall–Kier alpha value is -1.02. The van der Waals surface area contributed by atoms with Gasteiger partial charge in [-0.25, -0.2) is 0 Å². The van der Waals surface area contributed by atoms with Crippen LogP contribution in [0.3, 0.4) is 0 Å². The number of anilines is 1. The highest BCUT2D eigenvalue weighted by Gasteiger charge is 2.20. The second kappa shape index (κ2) is 5.35. The van der Waals surface area contributed by atoms with E-state index in [0.29, 0.717) is 6.04 Å². The highest BCUT2D eigenvalue weighted by molar-refractivity contribution is 5.56. The Labute approximate surface area is 98.7 Å². The van der Waals surface area contributed by atoms with Crippen LogP contribution in [0.25, 0.3) is 0 Å². The molecule has 0 spiro atoms. The molecule has 16 heavy (non-hydrogen) atoms. The normalized spacial score (nSPS) is 18.6. The van der Waals surface area contributed by atoms with Crippen molar-refractivity contribution < 1.29 is 0 Å². The van der Waals surface area contributed by atoms with Crippen LogP contribution in [0.15, 0.2) is 24.3 Å². The molecule has 0 saturated carbocycles. The molecule has 0 amide bonds. The number of hydrogen-bond donors (Lipinski definition) is 1. The Balaban J connectivity index is 1.82. The van der Waals surface area contributed by atoms with E-state index in [1.54, 1.807) is 0 Å². The molecule has 1 aliphatic rings. The van der Waals surface area contributed by atoms with Crippen LogP contribution in [0.1, 0.15) is 25.3 Å². The predicted molar refractivity (Wildman–Crippen MR) is 70.0 cm³/mol. The van der Waals surface area contributed by atoms with Crippen LogP contribution in [0.4, 0.5) is 5.69 Å². The lowest BCUT2D eigenvalue weighted by Gasteiger charge is -2.21. The number of para-hydroxylation sites is 1. The van der Waals surface area contributed by atoms with Gasteiger partial charge in [-0.05, 0) is 38.1 Å². The van der Waals surface area contributed by atoms with Crippen molar-refractivity contribution in [3.63, 3.8) is 0 Å². The van der Waals surface area contributed by atoms with Crippen LogP contribution in [0.5, 0.6) is 0 Å². The fourth-order valence-corrected chi connectivity index (χ4v) is 2.38. The van der Waals surface area contributed by atoms with Gasteiger partial charge in [0.05, 0.1) is 0 Å². The Kier molecular flexibility index (Phi) is 3.83. The Morgan fingerprint density at radius 2 is 2.19 bits per heavy atom. The van der Waals surface area contributed by atoms with Gasteiger partial charge >= 0.3 is 0 Å². The summed E-state index contributed by atoms with van der Waals surface area (Å²) in [5, 5.41) is 3.60. The van der Waals surface area contributed by atoms with Crippen molar-refractivity contribution >= 4 is 5.69 Å². The quantitative estimate of drug-likeness (QED) is 0.817. The molecule has 1 atom stereocenters. The SMILES string of the molecule is CCCCN(C)C[C@@H]1Cc2ccccc2N1. The molecule has 2 heteroatoms. The lowest BCUT2D eigenvalue weighted by molar-refractivity contribution is 0.314. The van der Waals surface area contributed by atoms with Crippen LogP contribution < -0.4 is 5.32 Å². The van der Waals surface area contributed by atoms with Crippen molar-refractivity contribution in [1.29, 1.82) is 0 Å². The highest BCUT2D eigenvalue weighted by atomic mass is 15.1. The van der Waals surface area contributed by atoms with Gasteiger partial charge in [-0.2, -0.15) is 0 Å². The predicted octanol–water partition coefficient (Wildman–Crippen LogP) is 2.76. The third-order valence-corrected chi connectivity index (χ3v) is 3.27.